The van der Waals surface area contributed by atoms with Crippen molar-refractivity contribution in [1.82, 2.24) is 10.3 Å². The Morgan fingerprint density at radius 2 is 2.05 bits per heavy atom. The number of hydrogen-bond donors (Lipinski definition) is 1. The van der Waals surface area contributed by atoms with E-state index < -0.39 is 0 Å². The van der Waals surface area contributed by atoms with Gasteiger partial charge >= 0.3 is 0 Å². The molecule has 1 fully saturated rings. The Balaban J connectivity index is 1.93. The Morgan fingerprint density at radius 1 is 1.24 bits per heavy atom. The second-order valence-electron chi connectivity index (χ2n) is 7.56. The van der Waals surface area contributed by atoms with Gasteiger partial charge in [-0.1, -0.05) is 27.7 Å². The van der Waals surface area contributed by atoms with Gasteiger partial charge in [0.05, 0.1) is 5.51 Å². The number of aromatic nitrogens is 1. The molecule has 3 heteroatoms. The van der Waals surface area contributed by atoms with Gasteiger partial charge in [-0.3, -0.25) is 4.98 Å². The van der Waals surface area contributed by atoms with Crippen LogP contribution < -0.4 is 5.32 Å². The van der Waals surface area contributed by atoms with Crippen LogP contribution in [0.2, 0.25) is 0 Å². The zero-order valence-electron chi connectivity index (χ0n) is 14.1. The summed E-state index contributed by atoms with van der Waals surface area (Å²) < 4.78 is 0. The van der Waals surface area contributed by atoms with Crippen molar-refractivity contribution in [3.63, 3.8) is 0 Å². The first-order valence-electron chi connectivity index (χ1n) is 8.64. The van der Waals surface area contributed by atoms with Gasteiger partial charge in [-0.25, -0.2) is 0 Å². The fourth-order valence-electron chi connectivity index (χ4n) is 3.65. The van der Waals surface area contributed by atoms with E-state index >= 15 is 0 Å². The van der Waals surface area contributed by atoms with Crippen LogP contribution in [0.1, 0.15) is 51.8 Å². The van der Waals surface area contributed by atoms with Crippen LogP contribution in [0.5, 0.6) is 0 Å². The van der Waals surface area contributed by atoms with Crippen molar-refractivity contribution >= 4 is 11.3 Å². The normalized spacial score (nSPS) is 26.7. The molecule has 0 spiro atoms. The Morgan fingerprint density at radius 3 is 2.67 bits per heavy atom. The number of thiazole rings is 1. The van der Waals surface area contributed by atoms with Crippen molar-refractivity contribution < 1.29 is 0 Å². The number of nitrogens with zero attached hydrogens (tertiary/aromatic N) is 1. The Labute approximate surface area is 134 Å². The zero-order valence-corrected chi connectivity index (χ0v) is 15.0. The topological polar surface area (TPSA) is 24.9 Å². The van der Waals surface area contributed by atoms with E-state index in [1.165, 1.54) is 37.1 Å². The quantitative estimate of drug-likeness (QED) is 0.795. The predicted molar refractivity (Wildman–Crippen MR) is 92.7 cm³/mol. The third-order valence-electron chi connectivity index (χ3n) is 5.03. The lowest BCUT2D eigenvalue weighted by Gasteiger charge is -2.38. The SMILES string of the molecule is CC(C)CNCC1CCC(C(C)C)CC1Cc1cncs1. The smallest absolute Gasteiger partial charge is 0.0794 e. The molecule has 2 rings (SSSR count). The molecule has 3 unspecified atom stereocenters. The van der Waals surface area contributed by atoms with E-state index in [0.29, 0.717) is 0 Å². The van der Waals surface area contributed by atoms with E-state index in [0.717, 1.165) is 36.1 Å². The highest BCUT2D eigenvalue weighted by Crippen LogP contribution is 2.39. The van der Waals surface area contributed by atoms with Gasteiger partial charge in [-0.05, 0) is 68.4 Å². The maximum atomic E-state index is 4.26. The molecule has 120 valence electrons. The molecule has 1 aliphatic rings. The van der Waals surface area contributed by atoms with E-state index in [-0.39, 0.29) is 0 Å². The van der Waals surface area contributed by atoms with Crippen molar-refractivity contribution in [3.8, 4) is 0 Å². The van der Waals surface area contributed by atoms with Crippen LogP contribution in [0, 0.1) is 29.6 Å². The Kier molecular flexibility index (Phi) is 6.69. The lowest BCUT2D eigenvalue weighted by Crippen LogP contribution is -2.36. The third-order valence-corrected chi connectivity index (χ3v) is 5.83. The molecule has 2 nitrogen and oxygen atoms in total. The number of nitrogens with one attached hydrogen (secondary N) is 1. The Hall–Kier alpha value is -0.410. The molecule has 0 aliphatic heterocycles. The van der Waals surface area contributed by atoms with E-state index in [1.54, 1.807) is 0 Å². The molecule has 1 aromatic rings. The van der Waals surface area contributed by atoms with Crippen molar-refractivity contribution in [3.05, 3.63) is 16.6 Å². The first-order chi connectivity index (χ1) is 10.1. The van der Waals surface area contributed by atoms with Crippen molar-refractivity contribution in [2.45, 2.75) is 53.4 Å². The molecule has 21 heavy (non-hydrogen) atoms. The van der Waals surface area contributed by atoms with Crippen LogP contribution >= 0.6 is 11.3 Å². The van der Waals surface area contributed by atoms with Gasteiger partial charge in [0.1, 0.15) is 0 Å². The van der Waals surface area contributed by atoms with Crippen molar-refractivity contribution in [1.29, 1.82) is 0 Å². The van der Waals surface area contributed by atoms with Crippen LogP contribution in [-0.4, -0.2) is 18.1 Å². The summed E-state index contributed by atoms with van der Waals surface area (Å²) in [6, 6.07) is 0. The van der Waals surface area contributed by atoms with Gasteiger partial charge in [0, 0.05) is 11.1 Å². The highest BCUT2D eigenvalue weighted by atomic mass is 32.1. The lowest BCUT2D eigenvalue weighted by molar-refractivity contribution is 0.144. The largest absolute Gasteiger partial charge is 0.316 e. The van der Waals surface area contributed by atoms with Gasteiger partial charge < -0.3 is 5.32 Å². The van der Waals surface area contributed by atoms with Gasteiger partial charge in [-0.15, -0.1) is 11.3 Å². The minimum atomic E-state index is 0.747. The Bertz CT molecular complexity index is 384. The van der Waals surface area contributed by atoms with Gasteiger partial charge in [-0.2, -0.15) is 0 Å². The third kappa shape index (κ3) is 5.37. The van der Waals surface area contributed by atoms with Crippen LogP contribution in [0.15, 0.2) is 11.7 Å². The average Bonchev–Trinajstić information content (AvgIpc) is 2.92. The fourth-order valence-corrected chi connectivity index (χ4v) is 4.34. The van der Waals surface area contributed by atoms with E-state index in [1.807, 2.05) is 16.8 Å². The van der Waals surface area contributed by atoms with E-state index in [9.17, 15) is 0 Å². The average molecular weight is 309 g/mol. The molecule has 1 aliphatic carbocycles. The molecule has 0 amide bonds. The first-order valence-corrected chi connectivity index (χ1v) is 9.52. The second kappa shape index (κ2) is 8.28. The zero-order chi connectivity index (χ0) is 15.2. The van der Waals surface area contributed by atoms with E-state index in [4.69, 9.17) is 0 Å². The monoisotopic (exact) mass is 308 g/mol. The molecule has 0 aromatic carbocycles. The van der Waals surface area contributed by atoms with Gasteiger partial charge in [0.2, 0.25) is 0 Å². The summed E-state index contributed by atoms with van der Waals surface area (Å²) in [5, 5.41) is 3.70. The molecule has 0 radical (unpaired) electrons. The second-order valence-corrected chi connectivity index (χ2v) is 8.53. The molecule has 1 heterocycles. The van der Waals surface area contributed by atoms with Crippen LogP contribution in [0.25, 0.3) is 0 Å². The summed E-state index contributed by atoms with van der Waals surface area (Å²) >= 11 is 1.83. The molecule has 0 bridgehead atoms. The van der Waals surface area contributed by atoms with Crippen molar-refractivity contribution in [2.24, 2.45) is 29.6 Å². The number of hydrogen-bond acceptors (Lipinski definition) is 3. The lowest BCUT2D eigenvalue weighted by atomic mass is 9.69. The number of rotatable bonds is 7. The standard InChI is InChI=1S/C18H32N2S/c1-13(2)9-19-10-16-6-5-15(14(3)4)7-17(16)8-18-11-20-12-21-18/h11-17,19H,5-10H2,1-4H3. The maximum absolute atomic E-state index is 4.26. The summed E-state index contributed by atoms with van der Waals surface area (Å²) in [5.41, 5.74) is 1.98. The molecule has 3 atom stereocenters. The van der Waals surface area contributed by atoms with Crippen molar-refractivity contribution in [2.75, 3.05) is 13.1 Å². The minimum absolute atomic E-state index is 0.747. The predicted octanol–water partition coefficient (Wildman–Crippen LogP) is 4.62. The highest BCUT2D eigenvalue weighted by Gasteiger charge is 2.31. The molecule has 1 saturated carbocycles. The summed E-state index contributed by atoms with van der Waals surface area (Å²) in [5.74, 6) is 4.19. The van der Waals surface area contributed by atoms with Gasteiger partial charge in [0.15, 0.2) is 0 Å². The van der Waals surface area contributed by atoms with E-state index in [2.05, 4.69) is 44.2 Å². The summed E-state index contributed by atoms with van der Waals surface area (Å²) in [6.07, 6.45) is 7.54. The summed E-state index contributed by atoms with van der Waals surface area (Å²) in [6.45, 7) is 11.7. The molecule has 1 aromatic heterocycles. The van der Waals surface area contributed by atoms with Crippen LogP contribution in [-0.2, 0) is 6.42 Å². The first kappa shape index (κ1) is 17.0. The van der Waals surface area contributed by atoms with Gasteiger partial charge in [0.25, 0.3) is 0 Å². The minimum Gasteiger partial charge on any atom is -0.316 e. The summed E-state index contributed by atoms with van der Waals surface area (Å²) in [4.78, 5) is 5.73. The van der Waals surface area contributed by atoms with Crippen LogP contribution in [0.3, 0.4) is 0 Å². The summed E-state index contributed by atoms with van der Waals surface area (Å²) in [7, 11) is 0. The molecular formula is C18H32N2S. The van der Waals surface area contributed by atoms with Crippen LogP contribution in [0.4, 0.5) is 0 Å². The molecule has 1 N–H and O–H groups in total. The molecule has 0 saturated heterocycles. The molecular weight excluding hydrogens is 276 g/mol. The fraction of sp³-hybridized carbons (Fsp3) is 0.833. The maximum Gasteiger partial charge on any atom is 0.0794 e. The highest BCUT2D eigenvalue weighted by molar-refractivity contribution is 7.09.